The van der Waals surface area contributed by atoms with Crippen LogP contribution in [0.3, 0.4) is 0 Å². The van der Waals surface area contributed by atoms with Gasteiger partial charge in [0, 0.05) is 31.5 Å². The molecule has 2 fully saturated rings. The van der Waals surface area contributed by atoms with Crippen LogP contribution in [0.4, 0.5) is 0 Å². The smallest absolute Gasteiger partial charge is 0.248 e. The first-order valence-corrected chi connectivity index (χ1v) is 12.8. The molecule has 1 aromatic heterocycles. The predicted molar refractivity (Wildman–Crippen MR) is 121 cm³/mol. The van der Waals surface area contributed by atoms with E-state index in [1.165, 1.54) is 4.31 Å². The summed E-state index contributed by atoms with van der Waals surface area (Å²) in [5.74, 6) is -0.477. The van der Waals surface area contributed by atoms with Gasteiger partial charge in [-0.15, -0.1) is 0 Å². The summed E-state index contributed by atoms with van der Waals surface area (Å²) in [5, 5.41) is 9.65. The van der Waals surface area contributed by atoms with E-state index in [1.54, 1.807) is 13.8 Å². The van der Waals surface area contributed by atoms with Crippen molar-refractivity contribution in [3.8, 4) is 0 Å². The second kappa shape index (κ2) is 9.64. The Hall–Kier alpha value is -2.72. The summed E-state index contributed by atoms with van der Waals surface area (Å²) in [4.78, 5) is 25.9. The minimum absolute atomic E-state index is 0.102. The van der Waals surface area contributed by atoms with Gasteiger partial charge in [-0.2, -0.15) is 4.31 Å². The minimum Gasteiger partial charge on any atom is -0.360 e. The number of piperidine rings is 1. The highest BCUT2D eigenvalue weighted by Gasteiger charge is 2.36. The molecule has 0 bridgehead atoms. The van der Waals surface area contributed by atoms with E-state index in [9.17, 15) is 18.0 Å². The lowest BCUT2D eigenvalue weighted by Crippen LogP contribution is -2.51. The molecule has 1 aromatic carbocycles. The summed E-state index contributed by atoms with van der Waals surface area (Å²) in [7, 11) is -3.73. The minimum atomic E-state index is -3.73. The van der Waals surface area contributed by atoms with E-state index in [1.807, 2.05) is 30.3 Å². The zero-order chi connectivity index (χ0) is 23.6. The first-order valence-electron chi connectivity index (χ1n) is 11.3. The highest BCUT2D eigenvalue weighted by molar-refractivity contribution is 7.89. The zero-order valence-corrected chi connectivity index (χ0v) is 19.7. The van der Waals surface area contributed by atoms with Crippen molar-refractivity contribution < 1.29 is 22.5 Å². The van der Waals surface area contributed by atoms with E-state index >= 15 is 0 Å². The van der Waals surface area contributed by atoms with Crippen molar-refractivity contribution in [2.75, 3.05) is 13.1 Å². The number of carbonyl (C=O) groups is 2. The van der Waals surface area contributed by atoms with Crippen LogP contribution >= 0.6 is 0 Å². The van der Waals surface area contributed by atoms with Gasteiger partial charge in [0.25, 0.3) is 0 Å². The molecule has 1 unspecified atom stereocenters. The number of hydrogen-bond acceptors (Lipinski definition) is 6. The van der Waals surface area contributed by atoms with Crippen LogP contribution in [0.25, 0.3) is 0 Å². The average molecular weight is 475 g/mol. The molecule has 33 heavy (non-hydrogen) atoms. The zero-order valence-electron chi connectivity index (χ0n) is 18.9. The van der Waals surface area contributed by atoms with E-state index in [2.05, 4.69) is 15.8 Å². The molecule has 9 nitrogen and oxygen atoms in total. The van der Waals surface area contributed by atoms with Crippen molar-refractivity contribution in [3.63, 3.8) is 0 Å². The van der Waals surface area contributed by atoms with E-state index in [0.717, 1.165) is 18.4 Å². The first kappa shape index (κ1) is 23.4. The van der Waals surface area contributed by atoms with Gasteiger partial charge in [0.05, 0.1) is 0 Å². The summed E-state index contributed by atoms with van der Waals surface area (Å²) >= 11 is 0. The maximum absolute atomic E-state index is 13.0. The van der Waals surface area contributed by atoms with Gasteiger partial charge in [-0.25, -0.2) is 8.42 Å². The molecule has 1 saturated heterocycles. The highest BCUT2D eigenvalue weighted by atomic mass is 32.2. The molecule has 4 rings (SSSR count). The van der Waals surface area contributed by atoms with Crippen LogP contribution < -0.4 is 10.6 Å². The van der Waals surface area contributed by atoms with Crippen LogP contribution in [-0.4, -0.2) is 54.9 Å². The van der Waals surface area contributed by atoms with Gasteiger partial charge in [0.15, 0.2) is 5.76 Å². The van der Waals surface area contributed by atoms with Gasteiger partial charge in [-0.05, 0) is 45.1 Å². The van der Waals surface area contributed by atoms with Gasteiger partial charge in [0.2, 0.25) is 21.8 Å². The van der Waals surface area contributed by atoms with Crippen molar-refractivity contribution in [2.24, 2.45) is 5.92 Å². The number of hydrogen-bond donors (Lipinski definition) is 2. The molecule has 2 N–H and O–H groups in total. The van der Waals surface area contributed by atoms with Crippen molar-refractivity contribution in [1.29, 1.82) is 0 Å². The predicted octanol–water partition coefficient (Wildman–Crippen LogP) is 1.70. The van der Waals surface area contributed by atoms with Crippen molar-refractivity contribution in [2.45, 2.75) is 62.9 Å². The molecule has 2 amide bonds. The second-order valence-corrected chi connectivity index (χ2v) is 10.7. The summed E-state index contributed by atoms with van der Waals surface area (Å²) in [6, 6.07) is 9.12. The topological polar surface area (TPSA) is 122 Å². The van der Waals surface area contributed by atoms with Crippen LogP contribution in [0.5, 0.6) is 0 Å². The number of aryl methyl sites for hydroxylation is 2. The molecule has 2 heterocycles. The Labute approximate surface area is 193 Å². The monoisotopic (exact) mass is 474 g/mol. The lowest BCUT2D eigenvalue weighted by Gasteiger charge is -2.31. The van der Waals surface area contributed by atoms with Crippen molar-refractivity contribution in [3.05, 3.63) is 47.3 Å². The number of nitrogens with zero attached hydrogens (tertiary/aromatic N) is 2. The van der Waals surface area contributed by atoms with E-state index in [0.29, 0.717) is 25.0 Å². The molecule has 178 valence electrons. The summed E-state index contributed by atoms with van der Waals surface area (Å²) in [6.45, 7) is 3.62. The maximum atomic E-state index is 13.0. The average Bonchev–Trinajstić information content (AvgIpc) is 3.55. The number of rotatable bonds is 8. The first-order chi connectivity index (χ1) is 15.8. The maximum Gasteiger partial charge on any atom is 0.248 e. The van der Waals surface area contributed by atoms with Crippen LogP contribution in [0.2, 0.25) is 0 Å². The number of benzene rings is 1. The van der Waals surface area contributed by atoms with E-state index < -0.39 is 16.1 Å². The number of aromatic nitrogens is 1. The summed E-state index contributed by atoms with van der Waals surface area (Å²) < 4.78 is 32.4. The Morgan fingerprint density at radius 3 is 2.36 bits per heavy atom. The third-order valence-electron chi connectivity index (χ3n) is 6.23. The number of carbonyl (C=O) groups excluding carboxylic acids is 2. The highest BCUT2D eigenvalue weighted by Crippen LogP contribution is 2.28. The van der Waals surface area contributed by atoms with Crippen LogP contribution in [0, 0.1) is 19.8 Å². The van der Waals surface area contributed by atoms with Gasteiger partial charge < -0.3 is 15.2 Å². The Bertz CT molecular complexity index is 1080. The quantitative estimate of drug-likeness (QED) is 0.601. The SMILES string of the molecule is Cc1noc(C)c1S(=O)(=O)N1CCC(C(=O)NC(Cc2ccccc2)C(=O)NC2CC2)CC1. The Balaban J connectivity index is 1.38. The fourth-order valence-corrected chi connectivity index (χ4v) is 5.97. The third-order valence-corrected chi connectivity index (χ3v) is 8.37. The lowest BCUT2D eigenvalue weighted by atomic mass is 9.96. The fraction of sp³-hybridized carbons (Fsp3) is 0.522. The lowest BCUT2D eigenvalue weighted by molar-refractivity contribution is -0.131. The normalized spacial score (nSPS) is 18.6. The van der Waals surface area contributed by atoms with Crippen molar-refractivity contribution in [1.82, 2.24) is 20.1 Å². The van der Waals surface area contributed by atoms with Crippen molar-refractivity contribution >= 4 is 21.8 Å². The van der Waals surface area contributed by atoms with E-state index in [4.69, 9.17) is 4.52 Å². The van der Waals surface area contributed by atoms with Gasteiger partial charge in [-0.1, -0.05) is 35.5 Å². The third kappa shape index (κ3) is 5.44. The Morgan fingerprint density at radius 2 is 1.79 bits per heavy atom. The molecule has 1 aliphatic heterocycles. The molecule has 0 spiro atoms. The van der Waals surface area contributed by atoms with Gasteiger partial charge in [0.1, 0.15) is 16.6 Å². The Kier molecular flexibility index (Phi) is 6.85. The fourth-order valence-electron chi connectivity index (χ4n) is 4.21. The molecular formula is C23H30N4O5S. The molecule has 1 atom stereocenters. The standard InChI is InChI=1S/C23H30N4O5S/c1-15-21(16(2)32-26-15)33(30,31)27-12-10-18(11-13-27)22(28)25-20(23(29)24-19-8-9-19)14-17-6-4-3-5-7-17/h3-7,18-20H,8-14H2,1-2H3,(H,24,29)(H,25,28). The largest absolute Gasteiger partial charge is 0.360 e. The molecule has 2 aromatic rings. The molecule has 10 heteroatoms. The molecular weight excluding hydrogens is 444 g/mol. The van der Waals surface area contributed by atoms with Crippen LogP contribution in [0.1, 0.15) is 42.7 Å². The van der Waals surface area contributed by atoms with Gasteiger partial charge in [-0.3, -0.25) is 9.59 Å². The molecule has 1 aliphatic carbocycles. The molecule has 2 aliphatic rings. The summed E-state index contributed by atoms with van der Waals surface area (Å²) in [6.07, 6.45) is 3.11. The molecule has 0 radical (unpaired) electrons. The van der Waals surface area contributed by atoms with E-state index in [-0.39, 0.29) is 47.5 Å². The van der Waals surface area contributed by atoms with Gasteiger partial charge >= 0.3 is 0 Å². The van der Waals surface area contributed by atoms with Crippen LogP contribution in [0.15, 0.2) is 39.8 Å². The summed E-state index contributed by atoms with van der Waals surface area (Å²) in [5.41, 5.74) is 1.30. The number of amides is 2. The second-order valence-electron chi connectivity index (χ2n) is 8.87. The number of nitrogens with one attached hydrogen (secondary N) is 2. The number of sulfonamides is 1. The van der Waals surface area contributed by atoms with Crippen LogP contribution in [-0.2, 0) is 26.0 Å². The Morgan fingerprint density at radius 1 is 1.12 bits per heavy atom. The molecule has 1 saturated carbocycles.